The predicted octanol–water partition coefficient (Wildman–Crippen LogP) is 2.67. The molecule has 11 heteroatoms. The van der Waals surface area contributed by atoms with Gasteiger partial charge >= 0.3 is 5.97 Å². The van der Waals surface area contributed by atoms with E-state index in [-0.39, 0.29) is 56.9 Å². The second kappa shape index (κ2) is 12.3. The third kappa shape index (κ3) is 5.41. The van der Waals surface area contributed by atoms with Crippen LogP contribution in [-0.4, -0.2) is 109 Å². The lowest BCUT2D eigenvalue weighted by Crippen LogP contribution is -2.68. The fourth-order valence-corrected chi connectivity index (χ4v) is 13.5. The lowest BCUT2D eigenvalue weighted by molar-refractivity contribution is -0.344. The molecule has 5 aliphatic carbocycles. The van der Waals surface area contributed by atoms with Gasteiger partial charge in [0.15, 0.2) is 6.29 Å². The number of hydrogen-bond acceptors (Lipinski definition) is 11. The Balaban J connectivity index is 1.36. The van der Waals surface area contributed by atoms with Gasteiger partial charge in [-0.25, -0.2) is 0 Å². The van der Waals surface area contributed by atoms with E-state index in [9.17, 15) is 40.5 Å². The highest BCUT2D eigenvalue weighted by molar-refractivity contribution is 5.66. The maximum absolute atomic E-state index is 12.2. The first-order chi connectivity index (χ1) is 22.6. The number of carbonyl (C=O) groups is 1. The maximum Gasteiger partial charge on any atom is 0.302 e. The first-order valence-corrected chi connectivity index (χ1v) is 18.8. The maximum atomic E-state index is 12.2. The van der Waals surface area contributed by atoms with E-state index in [1.807, 2.05) is 0 Å². The van der Waals surface area contributed by atoms with E-state index >= 15 is 0 Å². The fraction of sp³-hybridized carbons (Fsp3) is 0.974. The summed E-state index contributed by atoms with van der Waals surface area (Å²) in [5, 5.41) is 74.4. The molecule has 49 heavy (non-hydrogen) atoms. The van der Waals surface area contributed by atoms with Crippen LogP contribution in [0, 0.1) is 50.7 Å². The smallest absolute Gasteiger partial charge is 0.302 e. The molecule has 1 saturated heterocycles. The van der Waals surface area contributed by atoms with Crippen molar-refractivity contribution >= 4 is 5.97 Å². The molecule has 0 unspecified atom stereocenters. The molecule has 6 rings (SSSR count). The van der Waals surface area contributed by atoms with E-state index in [0.717, 1.165) is 44.9 Å². The van der Waals surface area contributed by atoms with Crippen LogP contribution in [0.4, 0.5) is 0 Å². The summed E-state index contributed by atoms with van der Waals surface area (Å²) in [7, 11) is 0. The summed E-state index contributed by atoms with van der Waals surface area (Å²) in [5.74, 6) is 0.513. The Labute approximate surface area is 291 Å². The van der Waals surface area contributed by atoms with Gasteiger partial charge in [-0.05, 0) is 112 Å². The highest BCUT2D eigenvalue weighted by Crippen LogP contribution is 2.91. The molecule has 0 radical (unpaired) electrons. The van der Waals surface area contributed by atoms with Crippen molar-refractivity contribution in [1.82, 2.24) is 0 Å². The van der Waals surface area contributed by atoms with Crippen LogP contribution >= 0.6 is 0 Å². The molecule has 7 N–H and O–H groups in total. The fourth-order valence-electron chi connectivity index (χ4n) is 13.5. The lowest BCUT2D eigenvalue weighted by atomic mass is 9.37. The molecule has 5 saturated carbocycles. The zero-order valence-electron chi connectivity index (χ0n) is 30.8. The van der Waals surface area contributed by atoms with Crippen molar-refractivity contribution in [3.05, 3.63) is 0 Å². The molecule has 0 amide bonds. The topological polar surface area (TPSA) is 186 Å². The molecular formula is C38H64O11. The van der Waals surface area contributed by atoms with Crippen LogP contribution in [0.2, 0.25) is 0 Å². The average molecular weight is 697 g/mol. The Hall–Kier alpha value is -0.890. The SMILES string of the molecule is CC(=O)O[C@@H]1CC[C@]2(C)[C@H]3CC[C@]45C[C@]4(CC[C@H]5[C@@H](C)C[C@@H](O)[C@H](O)C(C)(C)O)[C@]3(C)[C@H](O[C@@H]3O[C@H](CO)[C@@H](O)[C@H](O)[C@H]3O)C[C@H]2C1(C)C. The van der Waals surface area contributed by atoms with E-state index in [1.54, 1.807) is 0 Å². The molecule has 11 nitrogen and oxygen atoms in total. The van der Waals surface area contributed by atoms with Crippen LogP contribution in [0.1, 0.15) is 113 Å². The average Bonchev–Trinajstić information content (AvgIpc) is 3.58. The molecule has 6 aliphatic rings. The molecule has 0 aromatic rings. The van der Waals surface area contributed by atoms with E-state index in [2.05, 4.69) is 34.6 Å². The number of aliphatic hydroxyl groups is 7. The summed E-state index contributed by atoms with van der Waals surface area (Å²) in [5.41, 5.74) is -2.24. The highest BCUT2D eigenvalue weighted by atomic mass is 16.7. The van der Waals surface area contributed by atoms with E-state index in [1.165, 1.54) is 20.8 Å². The Morgan fingerprint density at radius 2 is 1.61 bits per heavy atom. The normalized spacial score (nSPS) is 50.6. The number of aliphatic hydroxyl groups excluding tert-OH is 6. The van der Waals surface area contributed by atoms with Crippen molar-refractivity contribution in [2.45, 2.75) is 174 Å². The first-order valence-electron chi connectivity index (χ1n) is 18.8. The van der Waals surface area contributed by atoms with Crippen LogP contribution in [0.15, 0.2) is 0 Å². The van der Waals surface area contributed by atoms with Gasteiger partial charge in [-0.15, -0.1) is 0 Å². The number of hydrogen-bond donors (Lipinski definition) is 7. The second-order valence-electron chi connectivity index (χ2n) is 18.9. The predicted molar refractivity (Wildman–Crippen MR) is 179 cm³/mol. The van der Waals surface area contributed by atoms with Crippen molar-refractivity contribution in [3.63, 3.8) is 0 Å². The molecule has 282 valence electrons. The zero-order chi connectivity index (χ0) is 36.3. The zero-order valence-corrected chi connectivity index (χ0v) is 30.8. The summed E-state index contributed by atoms with van der Waals surface area (Å²) in [4.78, 5) is 12.2. The third-order valence-electron chi connectivity index (χ3n) is 15.9. The number of fused-ring (bicyclic) bond motifs is 3. The van der Waals surface area contributed by atoms with Gasteiger partial charge in [0.2, 0.25) is 0 Å². The van der Waals surface area contributed by atoms with E-state index < -0.39 is 61.2 Å². The molecule has 6 fully saturated rings. The summed E-state index contributed by atoms with van der Waals surface area (Å²) in [6, 6.07) is 0. The van der Waals surface area contributed by atoms with Gasteiger partial charge in [0.25, 0.3) is 0 Å². The Morgan fingerprint density at radius 3 is 2.22 bits per heavy atom. The quantitative estimate of drug-likeness (QED) is 0.139. The van der Waals surface area contributed by atoms with Crippen LogP contribution in [-0.2, 0) is 19.0 Å². The van der Waals surface area contributed by atoms with E-state index in [4.69, 9.17) is 14.2 Å². The van der Waals surface area contributed by atoms with Crippen LogP contribution < -0.4 is 0 Å². The lowest BCUT2D eigenvalue weighted by Gasteiger charge is -2.69. The summed E-state index contributed by atoms with van der Waals surface area (Å²) in [6.07, 6.45) is -2.03. The standard InChI is InChI=1S/C38H64O11/c1-19(15-22(41)31(45)34(5,6)46)21-9-14-38-18-37(21,38)13-10-24-35(7)12-11-26(47-20(2)40)33(3,4)25(35)16-27(36(24,38)8)49-32-30(44)29(43)28(42)23(17-39)48-32/h19,21-32,39,41-46H,9-18H2,1-8H3/t19-,21-,22+,23+,24+,25-,26+,27+,28+,29-,30+,31-,32-,35+,36-,37+,38+/m0/s1. The Morgan fingerprint density at radius 1 is 0.939 bits per heavy atom. The minimum atomic E-state index is -1.54. The van der Waals surface area contributed by atoms with Crippen LogP contribution in [0.25, 0.3) is 0 Å². The van der Waals surface area contributed by atoms with Crippen LogP contribution in [0.3, 0.4) is 0 Å². The number of esters is 1. The summed E-state index contributed by atoms with van der Waals surface area (Å²) >= 11 is 0. The minimum Gasteiger partial charge on any atom is -0.462 e. The number of ether oxygens (including phenoxy) is 3. The van der Waals surface area contributed by atoms with Gasteiger partial charge in [0.05, 0.1) is 24.4 Å². The van der Waals surface area contributed by atoms with Gasteiger partial charge < -0.3 is 50.0 Å². The van der Waals surface area contributed by atoms with Crippen molar-refractivity contribution in [1.29, 1.82) is 0 Å². The van der Waals surface area contributed by atoms with Crippen molar-refractivity contribution < 1.29 is 54.8 Å². The minimum absolute atomic E-state index is 0.0295. The molecule has 0 bridgehead atoms. The van der Waals surface area contributed by atoms with Crippen LogP contribution in [0.5, 0.6) is 0 Å². The van der Waals surface area contributed by atoms with Crippen molar-refractivity contribution in [2.75, 3.05) is 6.61 Å². The molecule has 17 atom stereocenters. The third-order valence-corrected chi connectivity index (χ3v) is 15.9. The van der Waals surface area contributed by atoms with Gasteiger partial charge in [-0.3, -0.25) is 4.79 Å². The first kappa shape index (κ1) is 37.9. The molecule has 0 aromatic heterocycles. The highest BCUT2D eigenvalue weighted by Gasteiger charge is 2.85. The molecule has 0 aromatic carbocycles. The summed E-state index contributed by atoms with van der Waals surface area (Å²) in [6.45, 7) is 15.3. The Kier molecular flexibility index (Phi) is 9.53. The summed E-state index contributed by atoms with van der Waals surface area (Å²) < 4.78 is 18.9. The molecule has 1 aliphatic heterocycles. The Bertz CT molecular complexity index is 1250. The monoisotopic (exact) mass is 696 g/mol. The molecule has 0 spiro atoms. The van der Waals surface area contributed by atoms with Gasteiger partial charge in [-0.2, -0.15) is 0 Å². The molecule has 1 heterocycles. The largest absolute Gasteiger partial charge is 0.462 e. The van der Waals surface area contributed by atoms with Gasteiger partial charge in [0.1, 0.15) is 36.6 Å². The number of carbonyl (C=O) groups excluding carboxylic acids is 1. The number of rotatable bonds is 9. The van der Waals surface area contributed by atoms with Crippen molar-refractivity contribution in [3.8, 4) is 0 Å². The van der Waals surface area contributed by atoms with Crippen molar-refractivity contribution in [2.24, 2.45) is 50.7 Å². The molecular weight excluding hydrogens is 632 g/mol. The second-order valence-corrected chi connectivity index (χ2v) is 18.9. The van der Waals surface area contributed by atoms with E-state index in [0.29, 0.717) is 18.8 Å². The van der Waals surface area contributed by atoms with Gasteiger partial charge in [0, 0.05) is 17.8 Å². The van der Waals surface area contributed by atoms with Gasteiger partial charge in [-0.1, -0.05) is 34.6 Å².